The minimum atomic E-state index is -0.970. The standard InChI is InChI=1S/C16H16O6/c17-13(21-15(19)11-5-1-2-6-11)9-10-14(18)22-16(20)12-7-3-4-8-12/h5,7,9-10H,1-4,6,8H2. The Morgan fingerprint density at radius 3 is 1.50 bits per heavy atom. The zero-order chi connectivity index (χ0) is 15.9. The molecule has 0 radical (unpaired) electrons. The Morgan fingerprint density at radius 1 is 0.773 bits per heavy atom. The molecule has 2 aliphatic rings. The Morgan fingerprint density at radius 2 is 1.18 bits per heavy atom. The first kappa shape index (κ1) is 15.9. The SMILES string of the molecule is O=C(C=CC(=O)OC(=O)C1=CCCC1)OC(=O)C1=CCCC1. The van der Waals surface area contributed by atoms with E-state index in [1.54, 1.807) is 12.2 Å². The quantitative estimate of drug-likeness (QED) is 0.448. The van der Waals surface area contributed by atoms with E-state index in [2.05, 4.69) is 9.47 Å². The summed E-state index contributed by atoms with van der Waals surface area (Å²) < 4.78 is 9.10. The van der Waals surface area contributed by atoms with Gasteiger partial charge in [0.25, 0.3) is 0 Å². The Kier molecular flexibility index (Phi) is 5.41. The molecular weight excluding hydrogens is 288 g/mol. The zero-order valence-electron chi connectivity index (χ0n) is 12.0. The molecule has 0 bridgehead atoms. The number of rotatable bonds is 4. The van der Waals surface area contributed by atoms with Gasteiger partial charge in [0.2, 0.25) is 0 Å². The Balaban J connectivity index is 1.77. The second kappa shape index (κ2) is 7.49. The van der Waals surface area contributed by atoms with E-state index in [4.69, 9.17) is 0 Å². The highest BCUT2D eigenvalue weighted by molar-refractivity contribution is 6.04. The number of hydrogen-bond acceptors (Lipinski definition) is 6. The lowest BCUT2D eigenvalue weighted by atomic mass is 10.2. The van der Waals surface area contributed by atoms with Crippen molar-refractivity contribution in [2.24, 2.45) is 0 Å². The lowest BCUT2D eigenvalue weighted by molar-refractivity contribution is -0.156. The number of esters is 4. The van der Waals surface area contributed by atoms with Crippen molar-refractivity contribution >= 4 is 23.9 Å². The van der Waals surface area contributed by atoms with Crippen LogP contribution < -0.4 is 0 Å². The molecule has 6 nitrogen and oxygen atoms in total. The highest BCUT2D eigenvalue weighted by Crippen LogP contribution is 2.19. The summed E-state index contributed by atoms with van der Waals surface area (Å²) in [6.07, 6.45) is 9.46. The lowest BCUT2D eigenvalue weighted by Crippen LogP contribution is -2.14. The summed E-state index contributed by atoms with van der Waals surface area (Å²) in [6.45, 7) is 0. The van der Waals surface area contributed by atoms with Gasteiger partial charge in [0.1, 0.15) is 0 Å². The van der Waals surface area contributed by atoms with Crippen LogP contribution in [0.4, 0.5) is 0 Å². The van der Waals surface area contributed by atoms with Crippen molar-refractivity contribution < 1.29 is 28.7 Å². The normalized spacial score (nSPS) is 17.1. The first-order valence-corrected chi connectivity index (χ1v) is 7.14. The molecule has 0 unspecified atom stereocenters. The van der Waals surface area contributed by atoms with Crippen LogP contribution in [0.15, 0.2) is 35.5 Å². The Bertz CT molecular complexity index is 542. The molecule has 0 aliphatic heterocycles. The Labute approximate surface area is 127 Å². The maximum absolute atomic E-state index is 11.5. The fourth-order valence-corrected chi connectivity index (χ4v) is 2.23. The Hall–Kier alpha value is -2.50. The van der Waals surface area contributed by atoms with Gasteiger partial charge in [0.15, 0.2) is 0 Å². The van der Waals surface area contributed by atoms with Crippen molar-refractivity contribution in [2.75, 3.05) is 0 Å². The van der Waals surface area contributed by atoms with Gasteiger partial charge >= 0.3 is 23.9 Å². The summed E-state index contributed by atoms with van der Waals surface area (Å²) in [5.74, 6) is -3.34. The van der Waals surface area contributed by atoms with Gasteiger partial charge < -0.3 is 9.47 Å². The molecule has 116 valence electrons. The van der Waals surface area contributed by atoms with Crippen LogP contribution >= 0.6 is 0 Å². The van der Waals surface area contributed by atoms with Crippen molar-refractivity contribution in [2.45, 2.75) is 38.5 Å². The molecule has 0 fully saturated rings. The summed E-state index contributed by atoms with van der Waals surface area (Å²) in [6, 6.07) is 0. The number of carbonyl (C=O) groups is 4. The van der Waals surface area contributed by atoms with Crippen LogP contribution in [0.3, 0.4) is 0 Å². The summed E-state index contributed by atoms with van der Waals surface area (Å²) in [5, 5.41) is 0. The first-order chi connectivity index (χ1) is 10.6. The van der Waals surface area contributed by atoms with Gasteiger partial charge in [0.05, 0.1) is 0 Å². The molecule has 0 aromatic heterocycles. The lowest BCUT2D eigenvalue weighted by Gasteiger charge is -2.01. The molecule has 0 N–H and O–H groups in total. The third-order valence-electron chi connectivity index (χ3n) is 3.35. The molecule has 0 aromatic carbocycles. The number of allylic oxidation sites excluding steroid dienone is 2. The fraction of sp³-hybridized carbons (Fsp3) is 0.375. The molecule has 0 atom stereocenters. The van der Waals surface area contributed by atoms with Gasteiger partial charge in [-0.25, -0.2) is 19.2 Å². The van der Waals surface area contributed by atoms with E-state index in [0.29, 0.717) is 24.0 Å². The molecule has 0 aromatic rings. The van der Waals surface area contributed by atoms with Crippen molar-refractivity contribution in [3.8, 4) is 0 Å². The smallest absolute Gasteiger partial charge is 0.341 e. The number of carbonyl (C=O) groups excluding carboxylic acids is 4. The van der Waals surface area contributed by atoms with Crippen LogP contribution in [0.5, 0.6) is 0 Å². The van der Waals surface area contributed by atoms with Gasteiger partial charge in [-0.2, -0.15) is 0 Å². The van der Waals surface area contributed by atoms with Gasteiger partial charge in [-0.05, 0) is 38.5 Å². The average Bonchev–Trinajstić information content (AvgIpc) is 3.17. The van der Waals surface area contributed by atoms with Crippen LogP contribution in [-0.2, 0) is 28.7 Å². The predicted octanol–water partition coefficient (Wildman–Crippen LogP) is 1.90. The maximum Gasteiger partial charge on any atom is 0.341 e. The second-order valence-electron chi connectivity index (χ2n) is 4.99. The maximum atomic E-state index is 11.5. The summed E-state index contributed by atoms with van der Waals surface area (Å²) in [4.78, 5) is 45.8. The first-order valence-electron chi connectivity index (χ1n) is 7.14. The van der Waals surface area contributed by atoms with E-state index in [0.717, 1.165) is 37.8 Å². The van der Waals surface area contributed by atoms with Gasteiger partial charge in [-0.3, -0.25) is 0 Å². The third-order valence-corrected chi connectivity index (χ3v) is 3.35. The molecule has 2 rings (SSSR count). The molecule has 0 heterocycles. The van der Waals surface area contributed by atoms with E-state index >= 15 is 0 Å². The fourth-order valence-electron chi connectivity index (χ4n) is 2.23. The van der Waals surface area contributed by atoms with Crippen molar-refractivity contribution in [3.63, 3.8) is 0 Å². The van der Waals surface area contributed by atoms with E-state index in [-0.39, 0.29) is 0 Å². The number of ether oxygens (including phenoxy) is 2. The molecule has 2 aliphatic carbocycles. The minimum absolute atomic E-state index is 0.465. The summed E-state index contributed by atoms with van der Waals surface area (Å²) >= 11 is 0. The molecule has 6 heteroatoms. The second-order valence-corrected chi connectivity index (χ2v) is 4.99. The molecule has 0 saturated carbocycles. The monoisotopic (exact) mass is 304 g/mol. The third kappa shape index (κ3) is 4.51. The van der Waals surface area contributed by atoms with Gasteiger partial charge in [-0.15, -0.1) is 0 Å². The van der Waals surface area contributed by atoms with Gasteiger partial charge in [-0.1, -0.05) is 12.2 Å². The summed E-state index contributed by atoms with van der Waals surface area (Å²) in [7, 11) is 0. The van der Waals surface area contributed by atoms with E-state index in [1.165, 1.54) is 0 Å². The molecule has 0 amide bonds. The molecule has 22 heavy (non-hydrogen) atoms. The largest absolute Gasteiger partial charge is 0.386 e. The van der Waals surface area contributed by atoms with Crippen LogP contribution in [0.1, 0.15) is 38.5 Å². The topological polar surface area (TPSA) is 86.7 Å². The van der Waals surface area contributed by atoms with Crippen LogP contribution in [0.25, 0.3) is 0 Å². The van der Waals surface area contributed by atoms with Crippen LogP contribution in [-0.4, -0.2) is 23.9 Å². The van der Waals surface area contributed by atoms with Gasteiger partial charge in [0, 0.05) is 23.3 Å². The highest BCUT2D eigenvalue weighted by Gasteiger charge is 2.19. The predicted molar refractivity (Wildman–Crippen MR) is 75.2 cm³/mol. The van der Waals surface area contributed by atoms with E-state index in [9.17, 15) is 19.2 Å². The van der Waals surface area contributed by atoms with Crippen molar-refractivity contribution in [3.05, 3.63) is 35.5 Å². The van der Waals surface area contributed by atoms with E-state index < -0.39 is 23.9 Å². The van der Waals surface area contributed by atoms with Crippen molar-refractivity contribution in [1.29, 1.82) is 0 Å². The highest BCUT2D eigenvalue weighted by atomic mass is 16.6. The van der Waals surface area contributed by atoms with Crippen LogP contribution in [0.2, 0.25) is 0 Å². The van der Waals surface area contributed by atoms with Crippen molar-refractivity contribution in [1.82, 2.24) is 0 Å². The minimum Gasteiger partial charge on any atom is -0.386 e. The van der Waals surface area contributed by atoms with E-state index in [1.807, 2.05) is 0 Å². The average molecular weight is 304 g/mol. The number of hydrogen-bond donors (Lipinski definition) is 0. The zero-order valence-corrected chi connectivity index (χ0v) is 12.0. The summed E-state index contributed by atoms with van der Waals surface area (Å²) in [5.41, 5.74) is 0.931. The molecular formula is C16H16O6. The molecule has 0 spiro atoms. The molecule has 0 saturated heterocycles. The van der Waals surface area contributed by atoms with Crippen LogP contribution in [0, 0.1) is 0 Å².